The number of pyridine rings is 1. The lowest BCUT2D eigenvalue weighted by molar-refractivity contribution is -0.118. The third-order valence-corrected chi connectivity index (χ3v) is 2.00. The van der Waals surface area contributed by atoms with Gasteiger partial charge in [0.1, 0.15) is 16.5 Å². The van der Waals surface area contributed by atoms with Gasteiger partial charge >= 0.3 is 0 Å². The van der Waals surface area contributed by atoms with Gasteiger partial charge in [-0.15, -0.1) is 0 Å². The highest BCUT2D eigenvalue weighted by molar-refractivity contribution is 9.10. The molecule has 0 saturated carbocycles. The van der Waals surface area contributed by atoms with Crippen molar-refractivity contribution in [1.29, 1.82) is 0 Å². The van der Waals surface area contributed by atoms with Crippen LogP contribution in [0, 0.1) is 0 Å². The number of halogens is 1. The summed E-state index contributed by atoms with van der Waals surface area (Å²) in [6, 6.07) is 5.23. The molecule has 1 aromatic rings. The molecular formula is C9H10BrNO2. The molecule has 0 radical (unpaired) electrons. The molecule has 1 atom stereocenters. The molecule has 0 aliphatic carbocycles. The first-order chi connectivity index (χ1) is 6.09. The Balaban J connectivity index is 2.76. The molecule has 0 aliphatic rings. The van der Waals surface area contributed by atoms with E-state index >= 15 is 0 Å². The van der Waals surface area contributed by atoms with Crippen molar-refractivity contribution in [2.45, 2.75) is 19.4 Å². The first-order valence-corrected chi connectivity index (χ1v) is 4.69. The molecule has 1 unspecified atom stereocenters. The van der Waals surface area contributed by atoms with Crippen LogP contribution in [0.5, 0.6) is 0 Å². The number of hydrogen-bond acceptors (Lipinski definition) is 3. The summed E-state index contributed by atoms with van der Waals surface area (Å²) >= 11 is 3.19. The zero-order valence-electron chi connectivity index (χ0n) is 7.20. The monoisotopic (exact) mass is 243 g/mol. The zero-order chi connectivity index (χ0) is 9.84. The highest BCUT2D eigenvalue weighted by Crippen LogP contribution is 2.16. The van der Waals surface area contributed by atoms with Crippen LogP contribution in [0.3, 0.4) is 0 Å². The lowest BCUT2D eigenvalue weighted by Gasteiger charge is -2.07. The Labute approximate surface area is 84.9 Å². The molecule has 13 heavy (non-hydrogen) atoms. The summed E-state index contributed by atoms with van der Waals surface area (Å²) in [4.78, 5) is 14.8. The van der Waals surface area contributed by atoms with Crippen molar-refractivity contribution in [2.24, 2.45) is 0 Å². The van der Waals surface area contributed by atoms with E-state index in [0.29, 0.717) is 10.3 Å². The van der Waals surface area contributed by atoms with Gasteiger partial charge in [0, 0.05) is 6.42 Å². The molecule has 70 valence electrons. The van der Waals surface area contributed by atoms with E-state index in [1.807, 2.05) is 0 Å². The third kappa shape index (κ3) is 3.24. The number of carbonyl (C=O) groups is 1. The smallest absolute Gasteiger partial charge is 0.132 e. The molecule has 0 aromatic carbocycles. The van der Waals surface area contributed by atoms with Crippen LogP contribution in [0.2, 0.25) is 0 Å². The van der Waals surface area contributed by atoms with Gasteiger partial charge in [-0.05, 0) is 35.0 Å². The van der Waals surface area contributed by atoms with Crippen LogP contribution in [-0.2, 0) is 4.79 Å². The fourth-order valence-corrected chi connectivity index (χ4v) is 1.34. The Hall–Kier alpha value is -0.740. The second kappa shape index (κ2) is 4.48. The Bertz CT molecular complexity index is 314. The second-order valence-corrected chi connectivity index (χ2v) is 3.62. The van der Waals surface area contributed by atoms with Crippen LogP contribution >= 0.6 is 15.9 Å². The molecule has 3 nitrogen and oxygen atoms in total. The summed E-state index contributed by atoms with van der Waals surface area (Å²) in [7, 11) is 0. The molecule has 1 heterocycles. The Kier molecular flexibility index (Phi) is 3.57. The fourth-order valence-electron chi connectivity index (χ4n) is 0.986. The minimum absolute atomic E-state index is 0.0470. The van der Waals surface area contributed by atoms with Gasteiger partial charge in [0.25, 0.3) is 0 Å². The molecule has 0 saturated heterocycles. The number of hydrogen-bond donors (Lipinski definition) is 1. The average Bonchev–Trinajstić information content (AvgIpc) is 2.03. The molecule has 0 aliphatic heterocycles. The molecular weight excluding hydrogens is 234 g/mol. The van der Waals surface area contributed by atoms with Crippen molar-refractivity contribution in [3.8, 4) is 0 Å². The molecule has 0 spiro atoms. The number of nitrogens with zero attached hydrogens (tertiary/aromatic N) is 1. The molecule has 1 rings (SSSR count). The predicted molar refractivity (Wildman–Crippen MR) is 52.2 cm³/mol. The minimum atomic E-state index is -0.796. The maximum Gasteiger partial charge on any atom is 0.132 e. The average molecular weight is 244 g/mol. The maximum absolute atomic E-state index is 10.7. The van der Waals surface area contributed by atoms with Crippen LogP contribution in [-0.4, -0.2) is 15.9 Å². The Morgan fingerprint density at radius 1 is 1.69 bits per heavy atom. The van der Waals surface area contributed by atoms with Gasteiger partial charge in [-0.25, -0.2) is 4.98 Å². The number of carbonyl (C=O) groups excluding carboxylic acids is 1. The number of ketones is 1. The quantitative estimate of drug-likeness (QED) is 0.825. The maximum atomic E-state index is 10.7. The first-order valence-electron chi connectivity index (χ1n) is 3.89. The van der Waals surface area contributed by atoms with E-state index in [1.54, 1.807) is 18.2 Å². The lowest BCUT2D eigenvalue weighted by atomic mass is 10.1. The van der Waals surface area contributed by atoms with Gasteiger partial charge in [0.05, 0.1) is 5.69 Å². The fraction of sp³-hybridized carbons (Fsp3) is 0.333. The van der Waals surface area contributed by atoms with Crippen LogP contribution in [0.1, 0.15) is 25.1 Å². The van der Waals surface area contributed by atoms with Gasteiger partial charge in [-0.1, -0.05) is 6.07 Å². The first kappa shape index (κ1) is 10.3. The van der Waals surface area contributed by atoms with E-state index in [9.17, 15) is 9.90 Å². The Morgan fingerprint density at radius 3 is 2.92 bits per heavy atom. The number of aliphatic hydroxyl groups excluding tert-OH is 1. The summed E-state index contributed by atoms with van der Waals surface area (Å²) in [5.41, 5.74) is 0.518. The van der Waals surface area contributed by atoms with Gasteiger partial charge in [-0.2, -0.15) is 0 Å². The van der Waals surface area contributed by atoms with Crippen molar-refractivity contribution >= 4 is 21.7 Å². The highest BCUT2D eigenvalue weighted by atomic mass is 79.9. The van der Waals surface area contributed by atoms with E-state index in [4.69, 9.17) is 0 Å². The highest BCUT2D eigenvalue weighted by Gasteiger charge is 2.11. The number of Topliss-reactive ketones (excluding diaryl/α,β-unsaturated/α-hetero) is 1. The van der Waals surface area contributed by atoms with Crippen LogP contribution < -0.4 is 0 Å². The van der Waals surface area contributed by atoms with Crippen molar-refractivity contribution in [3.05, 3.63) is 28.5 Å². The summed E-state index contributed by atoms with van der Waals surface area (Å²) in [5.74, 6) is -0.0470. The standard InChI is InChI=1S/C9H10BrNO2/c1-6(12)5-8(13)7-3-2-4-9(10)11-7/h2-4,8,13H,5H2,1H3. The van der Waals surface area contributed by atoms with Crippen LogP contribution in [0.25, 0.3) is 0 Å². The van der Waals surface area contributed by atoms with E-state index in [-0.39, 0.29) is 12.2 Å². The van der Waals surface area contributed by atoms with E-state index < -0.39 is 6.10 Å². The topological polar surface area (TPSA) is 50.2 Å². The van der Waals surface area contributed by atoms with Crippen LogP contribution in [0.15, 0.2) is 22.8 Å². The summed E-state index contributed by atoms with van der Waals surface area (Å²) in [5, 5.41) is 9.51. The van der Waals surface area contributed by atoms with Crippen LogP contribution in [0.4, 0.5) is 0 Å². The van der Waals surface area contributed by atoms with Crippen molar-refractivity contribution < 1.29 is 9.90 Å². The SMILES string of the molecule is CC(=O)CC(O)c1cccc(Br)n1. The molecule has 1 N–H and O–H groups in total. The van der Waals surface area contributed by atoms with E-state index in [2.05, 4.69) is 20.9 Å². The largest absolute Gasteiger partial charge is 0.386 e. The zero-order valence-corrected chi connectivity index (χ0v) is 8.78. The summed E-state index contributed by atoms with van der Waals surface area (Å²) in [6.07, 6.45) is -0.682. The second-order valence-electron chi connectivity index (χ2n) is 2.81. The molecule has 4 heteroatoms. The normalized spacial score (nSPS) is 12.5. The van der Waals surface area contributed by atoms with E-state index in [1.165, 1.54) is 6.92 Å². The predicted octanol–water partition coefficient (Wildman–Crippen LogP) is 1.86. The van der Waals surface area contributed by atoms with Crippen molar-refractivity contribution in [1.82, 2.24) is 4.98 Å². The van der Waals surface area contributed by atoms with Crippen molar-refractivity contribution in [2.75, 3.05) is 0 Å². The minimum Gasteiger partial charge on any atom is -0.386 e. The number of rotatable bonds is 3. The van der Waals surface area contributed by atoms with Crippen molar-refractivity contribution in [3.63, 3.8) is 0 Å². The number of aromatic nitrogens is 1. The number of aliphatic hydroxyl groups is 1. The molecule has 0 bridgehead atoms. The lowest BCUT2D eigenvalue weighted by Crippen LogP contribution is -2.05. The van der Waals surface area contributed by atoms with Gasteiger partial charge < -0.3 is 5.11 Å². The van der Waals surface area contributed by atoms with Gasteiger partial charge in [-0.3, -0.25) is 4.79 Å². The molecule has 1 aromatic heterocycles. The Morgan fingerprint density at radius 2 is 2.38 bits per heavy atom. The third-order valence-electron chi connectivity index (χ3n) is 1.56. The summed E-state index contributed by atoms with van der Waals surface area (Å²) in [6.45, 7) is 1.45. The van der Waals surface area contributed by atoms with E-state index in [0.717, 1.165) is 0 Å². The summed E-state index contributed by atoms with van der Waals surface area (Å²) < 4.78 is 0.660. The molecule has 0 amide bonds. The van der Waals surface area contributed by atoms with Gasteiger partial charge in [0.2, 0.25) is 0 Å². The van der Waals surface area contributed by atoms with Gasteiger partial charge in [0.15, 0.2) is 0 Å². The molecule has 0 fully saturated rings.